The van der Waals surface area contributed by atoms with E-state index in [2.05, 4.69) is 22.6 Å². The van der Waals surface area contributed by atoms with Crippen LogP contribution in [0.5, 0.6) is 0 Å². The zero-order chi connectivity index (χ0) is 11.4. The number of alkyl halides is 1. The first-order valence-corrected chi connectivity index (χ1v) is 6.31. The molecule has 0 aromatic rings. The Balaban J connectivity index is 2.89. The quantitative estimate of drug-likeness (QED) is 0.347. The van der Waals surface area contributed by atoms with Crippen LogP contribution in [0.15, 0.2) is 0 Å². The Labute approximate surface area is 103 Å². The van der Waals surface area contributed by atoms with Gasteiger partial charge in [-0.1, -0.05) is 22.6 Å². The topological polar surface area (TPSA) is 65.0 Å². The summed E-state index contributed by atoms with van der Waals surface area (Å²) in [6.45, 7) is 3.05. The van der Waals surface area contributed by atoms with Crippen molar-refractivity contribution in [3.05, 3.63) is 0 Å². The first-order chi connectivity index (χ1) is 7.27. The molecule has 5 nitrogen and oxygen atoms in total. The summed E-state index contributed by atoms with van der Waals surface area (Å²) in [5.41, 5.74) is 0. The van der Waals surface area contributed by atoms with Gasteiger partial charge in [-0.25, -0.2) is 0 Å². The van der Waals surface area contributed by atoms with Gasteiger partial charge < -0.3 is 19.3 Å². The third kappa shape index (κ3) is 14.1. The lowest BCUT2D eigenvalue weighted by Crippen LogP contribution is -2.11. The molecule has 0 aromatic carbocycles. The van der Waals surface area contributed by atoms with Crippen LogP contribution in [0.2, 0.25) is 0 Å². The van der Waals surface area contributed by atoms with Crippen molar-refractivity contribution in [2.75, 3.05) is 44.1 Å². The van der Waals surface area contributed by atoms with Crippen LogP contribution < -0.4 is 0 Å². The maximum absolute atomic E-state index is 10.1. The standard InChI is InChI=1S/C9H17IO5/c10-2-4-14-6-8-15-7-5-13-3-1-9(11)12/h1-8H2,(H,11,12). The van der Waals surface area contributed by atoms with E-state index in [0.29, 0.717) is 26.4 Å². The number of halogens is 1. The summed E-state index contributed by atoms with van der Waals surface area (Å²) < 4.78 is 16.4. The van der Waals surface area contributed by atoms with Crippen molar-refractivity contribution < 1.29 is 24.1 Å². The molecule has 0 rings (SSSR count). The molecule has 0 amide bonds. The summed E-state index contributed by atoms with van der Waals surface area (Å²) in [5, 5.41) is 8.31. The van der Waals surface area contributed by atoms with Crippen LogP contribution in [0.4, 0.5) is 0 Å². The highest BCUT2D eigenvalue weighted by Crippen LogP contribution is 1.86. The summed E-state index contributed by atoms with van der Waals surface area (Å²) in [6, 6.07) is 0. The van der Waals surface area contributed by atoms with Crippen LogP contribution in [0.3, 0.4) is 0 Å². The minimum absolute atomic E-state index is 0.0404. The van der Waals surface area contributed by atoms with E-state index in [1.54, 1.807) is 0 Å². The summed E-state index contributed by atoms with van der Waals surface area (Å²) >= 11 is 2.24. The van der Waals surface area contributed by atoms with E-state index in [9.17, 15) is 4.79 Å². The number of rotatable bonds is 11. The molecular formula is C9H17IO5. The van der Waals surface area contributed by atoms with Gasteiger partial charge in [-0.05, 0) is 0 Å². The third-order valence-corrected chi connectivity index (χ3v) is 1.87. The molecule has 0 aliphatic carbocycles. The lowest BCUT2D eigenvalue weighted by Gasteiger charge is -2.05. The van der Waals surface area contributed by atoms with Crippen molar-refractivity contribution in [2.45, 2.75) is 6.42 Å². The molecule has 0 saturated carbocycles. The monoisotopic (exact) mass is 332 g/mol. The molecule has 90 valence electrons. The Morgan fingerprint density at radius 2 is 1.40 bits per heavy atom. The molecule has 0 aromatic heterocycles. The largest absolute Gasteiger partial charge is 0.481 e. The SMILES string of the molecule is O=C(O)CCOCCOCCOCCI. The van der Waals surface area contributed by atoms with Crippen molar-refractivity contribution in [1.82, 2.24) is 0 Å². The van der Waals surface area contributed by atoms with Gasteiger partial charge in [0, 0.05) is 4.43 Å². The van der Waals surface area contributed by atoms with E-state index in [0.717, 1.165) is 11.0 Å². The second-order valence-electron chi connectivity index (χ2n) is 2.67. The fourth-order valence-electron chi connectivity index (χ4n) is 0.756. The smallest absolute Gasteiger partial charge is 0.305 e. The molecule has 0 aliphatic heterocycles. The van der Waals surface area contributed by atoms with Gasteiger partial charge in [0.1, 0.15) is 0 Å². The predicted octanol–water partition coefficient (Wildman–Crippen LogP) is 0.946. The van der Waals surface area contributed by atoms with E-state index in [1.807, 2.05) is 0 Å². The molecule has 0 atom stereocenters. The second-order valence-corrected chi connectivity index (χ2v) is 3.75. The zero-order valence-corrected chi connectivity index (χ0v) is 10.8. The number of hydrogen-bond acceptors (Lipinski definition) is 4. The lowest BCUT2D eigenvalue weighted by molar-refractivity contribution is -0.138. The fraction of sp³-hybridized carbons (Fsp3) is 0.889. The van der Waals surface area contributed by atoms with Gasteiger partial charge in [-0.2, -0.15) is 0 Å². The maximum atomic E-state index is 10.1. The van der Waals surface area contributed by atoms with Crippen molar-refractivity contribution in [3.63, 3.8) is 0 Å². The molecule has 1 N–H and O–H groups in total. The Morgan fingerprint density at radius 3 is 1.87 bits per heavy atom. The predicted molar refractivity (Wildman–Crippen MR) is 63.6 cm³/mol. The van der Waals surface area contributed by atoms with Crippen molar-refractivity contribution in [1.29, 1.82) is 0 Å². The van der Waals surface area contributed by atoms with Crippen LogP contribution >= 0.6 is 22.6 Å². The Bertz CT molecular complexity index is 153. The van der Waals surface area contributed by atoms with Gasteiger partial charge in [-0.3, -0.25) is 4.79 Å². The number of carbonyl (C=O) groups is 1. The Morgan fingerprint density at radius 1 is 0.933 bits per heavy atom. The van der Waals surface area contributed by atoms with Gasteiger partial charge in [0.15, 0.2) is 0 Å². The zero-order valence-electron chi connectivity index (χ0n) is 8.62. The molecule has 15 heavy (non-hydrogen) atoms. The summed E-state index contributed by atoms with van der Waals surface area (Å²) in [6.07, 6.45) is 0.0404. The normalized spacial score (nSPS) is 10.5. The molecule has 0 spiro atoms. The number of hydrogen-bond donors (Lipinski definition) is 1. The first kappa shape index (κ1) is 15.1. The maximum Gasteiger partial charge on any atom is 0.305 e. The molecule has 0 radical (unpaired) electrons. The minimum Gasteiger partial charge on any atom is -0.481 e. The molecule has 0 fully saturated rings. The van der Waals surface area contributed by atoms with E-state index >= 15 is 0 Å². The average Bonchev–Trinajstić information content (AvgIpc) is 2.20. The molecular weight excluding hydrogens is 315 g/mol. The molecule has 0 bridgehead atoms. The van der Waals surface area contributed by atoms with Crippen LogP contribution in [0.1, 0.15) is 6.42 Å². The number of carboxylic acid groups (broad SMARTS) is 1. The summed E-state index contributed by atoms with van der Waals surface area (Å²) in [5.74, 6) is -0.844. The number of aliphatic carboxylic acids is 1. The highest BCUT2D eigenvalue weighted by molar-refractivity contribution is 14.1. The molecule has 0 unspecified atom stereocenters. The van der Waals surface area contributed by atoms with Crippen LogP contribution in [0.25, 0.3) is 0 Å². The van der Waals surface area contributed by atoms with Crippen LogP contribution in [-0.4, -0.2) is 55.1 Å². The summed E-state index contributed by atoms with van der Waals surface area (Å²) in [7, 11) is 0. The van der Waals surface area contributed by atoms with Gasteiger partial charge in [-0.15, -0.1) is 0 Å². The minimum atomic E-state index is -0.844. The average molecular weight is 332 g/mol. The van der Waals surface area contributed by atoms with Gasteiger partial charge in [0.2, 0.25) is 0 Å². The van der Waals surface area contributed by atoms with Crippen LogP contribution in [-0.2, 0) is 19.0 Å². The Kier molecular flexibility index (Phi) is 12.2. The van der Waals surface area contributed by atoms with E-state index in [-0.39, 0.29) is 13.0 Å². The molecule has 0 heterocycles. The molecule has 0 saturated heterocycles. The van der Waals surface area contributed by atoms with Gasteiger partial charge in [0.05, 0.1) is 46.1 Å². The number of ether oxygens (including phenoxy) is 3. The van der Waals surface area contributed by atoms with Crippen LogP contribution in [0, 0.1) is 0 Å². The van der Waals surface area contributed by atoms with Crippen molar-refractivity contribution >= 4 is 28.6 Å². The van der Waals surface area contributed by atoms with E-state index < -0.39 is 5.97 Å². The fourth-order valence-corrected chi connectivity index (χ4v) is 1.07. The molecule has 0 aliphatic rings. The van der Waals surface area contributed by atoms with Gasteiger partial charge >= 0.3 is 5.97 Å². The van der Waals surface area contributed by atoms with E-state index in [1.165, 1.54) is 0 Å². The lowest BCUT2D eigenvalue weighted by atomic mass is 10.5. The Hall–Kier alpha value is 0.0800. The van der Waals surface area contributed by atoms with Crippen molar-refractivity contribution in [2.24, 2.45) is 0 Å². The first-order valence-electron chi connectivity index (χ1n) is 4.78. The second kappa shape index (κ2) is 12.2. The summed E-state index contributed by atoms with van der Waals surface area (Å²) in [4.78, 5) is 10.1. The van der Waals surface area contributed by atoms with Crippen molar-refractivity contribution in [3.8, 4) is 0 Å². The van der Waals surface area contributed by atoms with E-state index in [4.69, 9.17) is 19.3 Å². The highest BCUT2D eigenvalue weighted by atomic mass is 127. The molecule has 6 heteroatoms. The third-order valence-electron chi connectivity index (χ3n) is 1.43. The van der Waals surface area contributed by atoms with Gasteiger partial charge in [0.25, 0.3) is 0 Å². The number of carboxylic acids is 1. The highest BCUT2D eigenvalue weighted by Gasteiger charge is 1.95.